The van der Waals surface area contributed by atoms with Crippen LogP contribution in [0.4, 0.5) is 17.6 Å². The lowest BCUT2D eigenvalue weighted by Gasteiger charge is -2.31. The molecule has 1 fully saturated rings. The van der Waals surface area contributed by atoms with Crippen LogP contribution in [0.2, 0.25) is 0 Å². The molecule has 8 heteroatoms. The standard InChI is InChI=1S/C21H27F4NO3/c1-2-3-4-5-6-13-29-20(28)15-9-11-26(12-10-15)19(27)16-7-8-17(18(22)14-16)21(23,24)25/h7-8,14-15H,2-6,9-13H2,1H3. The molecule has 2 rings (SSSR count). The predicted octanol–water partition coefficient (Wildman–Crippen LogP) is 5.21. The van der Waals surface area contributed by atoms with Gasteiger partial charge in [0.15, 0.2) is 0 Å². The van der Waals surface area contributed by atoms with Crippen LogP contribution in [0, 0.1) is 11.7 Å². The van der Waals surface area contributed by atoms with Crippen molar-refractivity contribution in [3.63, 3.8) is 0 Å². The Labute approximate surface area is 168 Å². The van der Waals surface area contributed by atoms with Gasteiger partial charge in [-0.3, -0.25) is 9.59 Å². The van der Waals surface area contributed by atoms with Crippen LogP contribution in [-0.4, -0.2) is 36.5 Å². The van der Waals surface area contributed by atoms with Crippen molar-refractivity contribution >= 4 is 11.9 Å². The van der Waals surface area contributed by atoms with Gasteiger partial charge in [0, 0.05) is 18.7 Å². The summed E-state index contributed by atoms with van der Waals surface area (Å²) < 4.78 is 56.9. The largest absolute Gasteiger partial charge is 0.465 e. The van der Waals surface area contributed by atoms with Crippen LogP contribution < -0.4 is 0 Å². The fourth-order valence-corrected chi connectivity index (χ4v) is 3.38. The summed E-state index contributed by atoms with van der Waals surface area (Å²) in [7, 11) is 0. The van der Waals surface area contributed by atoms with Crippen molar-refractivity contribution < 1.29 is 31.9 Å². The zero-order valence-electron chi connectivity index (χ0n) is 16.6. The van der Waals surface area contributed by atoms with Gasteiger partial charge in [0.1, 0.15) is 5.82 Å². The predicted molar refractivity (Wildman–Crippen MR) is 99.7 cm³/mol. The van der Waals surface area contributed by atoms with Gasteiger partial charge in [-0.25, -0.2) is 4.39 Å². The Hall–Kier alpha value is -2.12. The van der Waals surface area contributed by atoms with Crippen molar-refractivity contribution in [2.75, 3.05) is 19.7 Å². The molecule has 1 aromatic carbocycles. The molecular formula is C21H27F4NO3. The number of alkyl halides is 3. The van der Waals surface area contributed by atoms with E-state index in [2.05, 4.69) is 6.92 Å². The smallest absolute Gasteiger partial charge is 0.419 e. The molecule has 0 radical (unpaired) electrons. The maximum absolute atomic E-state index is 13.7. The van der Waals surface area contributed by atoms with Gasteiger partial charge in [-0.15, -0.1) is 0 Å². The molecular weight excluding hydrogens is 390 g/mol. The van der Waals surface area contributed by atoms with Crippen molar-refractivity contribution in [1.29, 1.82) is 0 Å². The minimum Gasteiger partial charge on any atom is -0.465 e. The molecule has 1 aliphatic rings. The number of hydrogen-bond acceptors (Lipinski definition) is 3. The Balaban J connectivity index is 1.80. The highest BCUT2D eigenvalue weighted by Crippen LogP contribution is 2.32. The number of halogens is 4. The Bertz CT molecular complexity index is 698. The first-order chi connectivity index (χ1) is 13.7. The monoisotopic (exact) mass is 417 g/mol. The Morgan fingerprint density at radius 2 is 1.76 bits per heavy atom. The van der Waals surface area contributed by atoms with E-state index in [4.69, 9.17) is 4.74 Å². The minimum atomic E-state index is -4.81. The third-order valence-corrected chi connectivity index (χ3v) is 5.13. The Kier molecular flexibility index (Phi) is 8.46. The molecule has 1 saturated heterocycles. The third-order valence-electron chi connectivity index (χ3n) is 5.13. The molecule has 0 spiro atoms. The van der Waals surface area contributed by atoms with E-state index < -0.39 is 23.5 Å². The number of carbonyl (C=O) groups excluding carboxylic acids is 2. The lowest BCUT2D eigenvalue weighted by Crippen LogP contribution is -2.40. The molecule has 0 atom stereocenters. The SMILES string of the molecule is CCCCCCCOC(=O)C1CCN(C(=O)c2ccc(C(F)(F)F)c(F)c2)CC1. The lowest BCUT2D eigenvalue weighted by atomic mass is 9.96. The summed E-state index contributed by atoms with van der Waals surface area (Å²) in [5.74, 6) is -2.58. The van der Waals surface area contributed by atoms with Gasteiger partial charge in [-0.1, -0.05) is 32.6 Å². The molecule has 1 aromatic rings. The molecule has 4 nitrogen and oxygen atoms in total. The first-order valence-corrected chi connectivity index (χ1v) is 10.1. The number of unbranched alkanes of at least 4 members (excludes halogenated alkanes) is 4. The highest BCUT2D eigenvalue weighted by molar-refractivity contribution is 5.94. The number of carbonyl (C=O) groups is 2. The maximum atomic E-state index is 13.7. The fraction of sp³-hybridized carbons (Fsp3) is 0.619. The van der Waals surface area contributed by atoms with Crippen molar-refractivity contribution in [3.8, 4) is 0 Å². The van der Waals surface area contributed by atoms with Crippen LogP contribution in [-0.2, 0) is 15.7 Å². The second kappa shape index (κ2) is 10.6. The zero-order valence-corrected chi connectivity index (χ0v) is 16.6. The molecule has 1 amide bonds. The van der Waals surface area contributed by atoms with Crippen LogP contribution in [0.3, 0.4) is 0 Å². The van der Waals surface area contributed by atoms with Crippen LogP contribution >= 0.6 is 0 Å². The molecule has 162 valence electrons. The van der Waals surface area contributed by atoms with E-state index in [0.717, 1.165) is 31.7 Å². The molecule has 0 aromatic heterocycles. The first kappa shape index (κ1) is 23.2. The van der Waals surface area contributed by atoms with E-state index in [0.29, 0.717) is 31.6 Å². The van der Waals surface area contributed by atoms with Gasteiger partial charge >= 0.3 is 12.1 Å². The number of esters is 1. The normalized spacial score (nSPS) is 15.4. The second-order valence-electron chi connectivity index (χ2n) is 7.34. The van der Waals surface area contributed by atoms with Crippen molar-refractivity contribution in [1.82, 2.24) is 4.90 Å². The molecule has 1 heterocycles. The molecule has 0 aliphatic carbocycles. The van der Waals surface area contributed by atoms with Gasteiger partial charge in [-0.2, -0.15) is 13.2 Å². The molecule has 0 bridgehead atoms. The van der Waals surface area contributed by atoms with Gasteiger partial charge < -0.3 is 9.64 Å². The van der Waals surface area contributed by atoms with Crippen LogP contribution in [0.25, 0.3) is 0 Å². The molecule has 0 saturated carbocycles. The fourth-order valence-electron chi connectivity index (χ4n) is 3.38. The number of hydrogen-bond donors (Lipinski definition) is 0. The summed E-state index contributed by atoms with van der Waals surface area (Å²) in [6.07, 6.45) is 1.34. The Morgan fingerprint density at radius 3 is 2.34 bits per heavy atom. The molecule has 1 aliphatic heterocycles. The van der Waals surface area contributed by atoms with E-state index in [-0.39, 0.29) is 30.5 Å². The number of amides is 1. The van der Waals surface area contributed by atoms with Crippen LogP contribution in [0.1, 0.15) is 67.8 Å². The zero-order chi connectivity index (χ0) is 21.4. The minimum absolute atomic E-state index is 0.136. The number of nitrogens with zero attached hydrogens (tertiary/aromatic N) is 1. The third kappa shape index (κ3) is 6.72. The summed E-state index contributed by atoms with van der Waals surface area (Å²) in [4.78, 5) is 26.0. The molecule has 29 heavy (non-hydrogen) atoms. The summed E-state index contributed by atoms with van der Waals surface area (Å²) >= 11 is 0. The highest BCUT2D eigenvalue weighted by atomic mass is 19.4. The van der Waals surface area contributed by atoms with E-state index in [1.165, 1.54) is 11.3 Å². The maximum Gasteiger partial charge on any atom is 0.419 e. The topological polar surface area (TPSA) is 46.6 Å². The molecule has 0 N–H and O–H groups in total. The number of piperidine rings is 1. The van der Waals surface area contributed by atoms with Gasteiger partial charge in [0.05, 0.1) is 18.1 Å². The number of benzene rings is 1. The van der Waals surface area contributed by atoms with Crippen molar-refractivity contribution in [2.24, 2.45) is 5.92 Å². The van der Waals surface area contributed by atoms with Crippen molar-refractivity contribution in [2.45, 2.75) is 58.0 Å². The quantitative estimate of drug-likeness (QED) is 0.331. The Morgan fingerprint density at radius 1 is 1.10 bits per heavy atom. The lowest BCUT2D eigenvalue weighted by molar-refractivity contribution is -0.150. The highest BCUT2D eigenvalue weighted by Gasteiger charge is 2.35. The summed E-state index contributed by atoms with van der Waals surface area (Å²) in [6, 6.07) is 2.17. The second-order valence-corrected chi connectivity index (χ2v) is 7.34. The summed E-state index contributed by atoms with van der Waals surface area (Å²) in [6.45, 7) is 3.08. The summed E-state index contributed by atoms with van der Waals surface area (Å²) in [5.41, 5.74) is -1.53. The van der Waals surface area contributed by atoms with Gasteiger partial charge in [-0.05, 0) is 37.5 Å². The van der Waals surface area contributed by atoms with E-state index in [9.17, 15) is 27.2 Å². The average molecular weight is 417 g/mol. The van der Waals surface area contributed by atoms with E-state index in [1.807, 2.05) is 0 Å². The number of likely N-dealkylation sites (tertiary alicyclic amines) is 1. The van der Waals surface area contributed by atoms with Gasteiger partial charge in [0.2, 0.25) is 0 Å². The van der Waals surface area contributed by atoms with Crippen LogP contribution in [0.5, 0.6) is 0 Å². The summed E-state index contributed by atoms with van der Waals surface area (Å²) in [5, 5.41) is 0. The van der Waals surface area contributed by atoms with Gasteiger partial charge in [0.25, 0.3) is 5.91 Å². The van der Waals surface area contributed by atoms with E-state index in [1.54, 1.807) is 0 Å². The average Bonchev–Trinajstić information content (AvgIpc) is 2.69. The number of rotatable bonds is 8. The first-order valence-electron chi connectivity index (χ1n) is 10.1. The van der Waals surface area contributed by atoms with Crippen LogP contribution in [0.15, 0.2) is 18.2 Å². The van der Waals surface area contributed by atoms with E-state index >= 15 is 0 Å². The van der Waals surface area contributed by atoms with Crippen molar-refractivity contribution in [3.05, 3.63) is 35.1 Å². The molecule has 0 unspecified atom stereocenters. The number of ether oxygens (including phenoxy) is 1.